The molecule has 64 valence electrons. The van der Waals surface area contributed by atoms with Gasteiger partial charge in [-0.15, -0.1) is 0 Å². The Bertz CT molecular complexity index is 162. The van der Waals surface area contributed by atoms with E-state index >= 15 is 0 Å². The van der Waals surface area contributed by atoms with Crippen molar-refractivity contribution in [3.05, 3.63) is 0 Å². The van der Waals surface area contributed by atoms with Gasteiger partial charge in [0.1, 0.15) is 0 Å². The summed E-state index contributed by atoms with van der Waals surface area (Å²) in [5.74, 6) is -1.62. The molecule has 0 amide bonds. The van der Waals surface area contributed by atoms with Crippen LogP contribution in [-0.4, -0.2) is 17.9 Å². The smallest absolute Gasteiger partial charge is 0.315 e. The molecule has 4 heteroatoms. The summed E-state index contributed by atoms with van der Waals surface area (Å²) in [6.07, 6.45) is 0.795. The van der Waals surface area contributed by atoms with Crippen LogP contribution in [0.3, 0.4) is 0 Å². The van der Waals surface area contributed by atoms with Gasteiger partial charge in [0.15, 0.2) is 0 Å². The van der Waals surface area contributed by atoms with E-state index < -0.39 is 5.97 Å². The molecule has 1 aliphatic rings. The number of Topliss-reactive ketones (excluding diaryl/α,β-unsaturated/α-hetero) is 1. The molecule has 0 bridgehead atoms. The molecule has 0 aromatic rings. The van der Waals surface area contributed by atoms with Gasteiger partial charge in [-0.2, -0.15) is 9.78 Å². The van der Waals surface area contributed by atoms with Crippen LogP contribution in [0.2, 0.25) is 0 Å². The fraction of sp³-hybridized carbons (Fsp3) is 0.857. The van der Waals surface area contributed by atoms with Crippen molar-refractivity contribution in [2.75, 3.05) is 0 Å². The Balaban J connectivity index is 2.41. The highest BCUT2D eigenvalue weighted by Crippen LogP contribution is 2.33. The molecule has 1 atom stereocenters. The van der Waals surface area contributed by atoms with Crippen LogP contribution in [0.5, 0.6) is 0 Å². The number of carbonyl (C=O) groups is 1. The van der Waals surface area contributed by atoms with Crippen LogP contribution < -0.4 is 0 Å². The van der Waals surface area contributed by atoms with Gasteiger partial charge in [-0.1, -0.05) is 6.92 Å². The zero-order valence-corrected chi connectivity index (χ0v) is 6.92. The first kappa shape index (κ1) is 8.64. The minimum Gasteiger partial charge on any atom is -0.315 e. The Kier molecular flexibility index (Phi) is 2.27. The second kappa shape index (κ2) is 2.89. The third-order valence-corrected chi connectivity index (χ3v) is 1.60. The first-order valence-electron chi connectivity index (χ1n) is 3.66. The van der Waals surface area contributed by atoms with Gasteiger partial charge in [0.2, 0.25) is 5.78 Å². The quantitative estimate of drug-likeness (QED) is 0.455. The van der Waals surface area contributed by atoms with Crippen molar-refractivity contribution in [3.8, 4) is 0 Å². The van der Waals surface area contributed by atoms with Gasteiger partial charge in [-0.3, -0.25) is 4.79 Å². The molecule has 1 aliphatic heterocycles. The van der Waals surface area contributed by atoms with Gasteiger partial charge in [0.05, 0.1) is 6.10 Å². The standard InChI is InChI=1S/C7H12O4/c1-4-5(2)9-7(6(3)8)10-11-7/h5H,4H2,1-3H3. The summed E-state index contributed by atoms with van der Waals surface area (Å²) >= 11 is 0. The summed E-state index contributed by atoms with van der Waals surface area (Å²) in [5.41, 5.74) is 0. The topological polar surface area (TPSA) is 51.4 Å². The van der Waals surface area contributed by atoms with Crippen LogP contribution in [0.4, 0.5) is 0 Å². The van der Waals surface area contributed by atoms with Crippen molar-refractivity contribution in [1.82, 2.24) is 0 Å². The first-order valence-corrected chi connectivity index (χ1v) is 3.66. The normalized spacial score (nSPS) is 22.8. The van der Waals surface area contributed by atoms with Crippen LogP contribution in [0.25, 0.3) is 0 Å². The summed E-state index contributed by atoms with van der Waals surface area (Å²) < 4.78 is 5.17. The van der Waals surface area contributed by atoms with Gasteiger partial charge in [-0.25, -0.2) is 0 Å². The van der Waals surface area contributed by atoms with Crippen LogP contribution in [0.15, 0.2) is 0 Å². The van der Waals surface area contributed by atoms with Crippen molar-refractivity contribution in [1.29, 1.82) is 0 Å². The minimum atomic E-state index is -1.37. The molecule has 1 rings (SSSR count). The summed E-state index contributed by atoms with van der Waals surface area (Å²) in [5, 5.41) is 0. The highest BCUT2D eigenvalue weighted by molar-refractivity contribution is 5.83. The summed E-state index contributed by atoms with van der Waals surface area (Å²) in [7, 11) is 0. The van der Waals surface area contributed by atoms with Gasteiger partial charge >= 0.3 is 5.97 Å². The van der Waals surface area contributed by atoms with E-state index in [-0.39, 0.29) is 11.9 Å². The van der Waals surface area contributed by atoms with E-state index in [1.807, 2.05) is 13.8 Å². The predicted octanol–water partition coefficient (Wildman–Crippen LogP) is 1.01. The highest BCUT2D eigenvalue weighted by Gasteiger charge is 2.57. The molecule has 1 saturated heterocycles. The Morgan fingerprint density at radius 2 is 2.18 bits per heavy atom. The second-order valence-corrected chi connectivity index (χ2v) is 2.62. The first-order chi connectivity index (χ1) is 5.10. The Morgan fingerprint density at radius 3 is 2.45 bits per heavy atom. The molecular formula is C7H12O4. The van der Waals surface area contributed by atoms with E-state index in [9.17, 15) is 4.79 Å². The molecule has 0 spiro atoms. The Hall–Kier alpha value is -0.450. The minimum absolute atomic E-state index is 0.0265. The third-order valence-electron chi connectivity index (χ3n) is 1.60. The SMILES string of the molecule is CCC(C)OC1(C(C)=O)OO1. The zero-order chi connectivity index (χ0) is 8.48. The van der Waals surface area contributed by atoms with E-state index in [4.69, 9.17) is 4.74 Å². The average Bonchev–Trinajstić information content (AvgIpc) is 2.69. The van der Waals surface area contributed by atoms with Crippen LogP contribution in [0.1, 0.15) is 27.2 Å². The van der Waals surface area contributed by atoms with Crippen LogP contribution >= 0.6 is 0 Å². The van der Waals surface area contributed by atoms with Crippen molar-refractivity contribution < 1.29 is 19.3 Å². The summed E-state index contributed by atoms with van der Waals surface area (Å²) in [6, 6.07) is 0. The second-order valence-electron chi connectivity index (χ2n) is 2.62. The maximum atomic E-state index is 10.8. The monoisotopic (exact) mass is 160 g/mol. The zero-order valence-electron chi connectivity index (χ0n) is 6.92. The van der Waals surface area contributed by atoms with Crippen molar-refractivity contribution in [3.63, 3.8) is 0 Å². The summed E-state index contributed by atoms with van der Waals surface area (Å²) in [4.78, 5) is 19.7. The molecule has 1 unspecified atom stereocenters. The van der Waals surface area contributed by atoms with Crippen LogP contribution in [-0.2, 0) is 19.3 Å². The van der Waals surface area contributed by atoms with E-state index in [1.54, 1.807) is 0 Å². The fourth-order valence-corrected chi connectivity index (χ4v) is 0.626. The molecule has 11 heavy (non-hydrogen) atoms. The van der Waals surface area contributed by atoms with Crippen molar-refractivity contribution in [2.45, 2.75) is 39.3 Å². The lowest BCUT2D eigenvalue weighted by atomic mass is 10.3. The molecule has 0 N–H and O–H groups in total. The van der Waals surface area contributed by atoms with Gasteiger partial charge < -0.3 is 4.74 Å². The predicted molar refractivity (Wildman–Crippen MR) is 36.4 cm³/mol. The van der Waals surface area contributed by atoms with E-state index in [1.165, 1.54) is 6.92 Å². The lowest BCUT2D eigenvalue weighted by molar-refractivity contribution is -0.153. The molecule has 1 heterocycles. The van der Waals surface area contributed by atoms with Gasteiger partial charge in [0, 0.05) is 6.92 Å². The van der Waals surface area contributed by atoms with E-state index in [0.717, 1.165) is 6.42 Å². The van der Waals surface area contributed by atoms with E-state index in [0.29, 0.717) is 0 Å². The number of ketones is 1. The number of ether oxygens (including phenoxy) is 1. The largest absolute Gasteiger partial charge is 0.400 e. The lowest BCUT2D eigenvalue weighted by Gasteiger charge is -2.10. The Labute approximate surface area is 65.4 Å². The maximum Gasteiger partial charge on any atom is 0.400 e. The molecule has 0 aromatic heterocycles. The van der Waals surface area contributed by atoms with Crippen molar-refractivity contribution in [2.24, 2.45) is 0 Å². The van der Waals surface area contributed by atoms with Gasteiger partial charge in [-0.05, 0) is 13.3 Å². The number of carbonyl (C=O) groups excluding carboxylic acids is 1. The highest BCUT2D eigenvalue weighted by atomic mass is 17.5. The maximum absolute atomic E-state index is 10.8. The fourth-order valence-electron chi connectivity index (χ4n) is 0.626. The number of rotatable bonds is 4. The molecule has 4 nitrogen and oxygen atoms in total. The molecule has 1 fully saturated rings. The number of hydrogen-bond acceptors (Lipinski definition) is 4. The molecular weight excluding hydrogens is 148 g/mol. The lowest BCUT2D eigenvalue weighted by Crippen LogP contribution is -2.29. The van der Waals surface area contributed by atoms with E-state index in [2.05, 4.69) is 9.78 Å². The Morgan fingerprint density at radius 1 is 1.64 bits per heavy atom. The van der Waals surface area contributed by atoms with Crippen LogP contribution in [0, 0.1) is 0 Å². The summed E-state index contributed by atoms with van der Waals surface area (Å²) in [6.45, 7) is 5.19. The third kappa shape index (κ3) is 1.77. The molecule has 0 aliphatic carbocycles. The number of hydrogen-bond donors (Lipinski definition) is 0. The molecule has 0 aromatic carbocycles. The van der Waals surface area contributed by atoms with Gasteiger partial charge in [0.25, 0.3) is 0 Å². The average molecular weight is 160 g/mol. The molecule has 0 saturated carbocycles. The molecule has 0 radical (unpaired) electrons. The van der Waals surface area contributed by atoms with Crippen molar-refractivity contribution >= 4 is 5.78 Å².